The van der Waals surface area contributed by atoms with Crippen LogP contribution in [0.3, 0.4) is 0 Å². The second-order valence-electron chi connectivity index (χ2n) is 4.38. The predicted octanol–water partition coefficient (Wildman–Crippen LogP) is 1.15. The lowest BCUT2D eigenvalue weighted by molar-refractivity contribution is 0.0695. The Morgan fingerprint density at radius 3 is 2.62 bits per heavy atom. The lowest BCUT2D eigenvalue weighted by Crippen LogP contribution is -2.41. The molecule has 1 rings (SSSR count). The van der Waals surface area contributed by atoms with Gasteiger partial charge in [-0.3, -0.25) is 0 Å². The van der Waals surface area contributed by atoms with Crippen LogP contribution in [-0.2, 0) is 6.54 Å². The minimum absolute atomic E-state index is 0.00151. The Hall–Kier alpha value is -1.33. The second kappa shape index (κ2) is 4.67. The highest BCUT2D eigenvalue weighted by Gasteiger charge is 2.18. The molecular formula is C11H17NO4. The molecular weight excluding hydrogens is 210 g/mol. The van der Waals surface area contributed by atoms with E-state index in [4.69, 9.17) is 14.6 Å². The van der Waals surface area contributed by atoms with Crippen LogP contribution in [-0.4, -0.2) is 28.3 Å². The number of aliphatic hydroxyl groups excluding tert-OH is 1. The summed E-state index contributed by atoms with van der Waals surface area (Å²) in [5.74, 6) is -0.0450. The molecule has 0 unspecified atom stereocenters. The van der Waals surface area contributed by atoms with Crippen molar-refractivity contribution in [3.8, 4) is 0 Å². The first-order valence-corrected chi connectivity index (χ1v) is 5.04. The molecule has 5 heteroatoms. The molecule has 0 fully saturated rings. The van der Waals surface area contributed by atoms with Crippen LogP contribution >= 0.6 is 0 Å². The second-order valence-corrected chi connectivity index (χ2v) is 4.38. The molecule has 0 radical (unpaired) electrons. The predicted molar refractivity (Wildman–Crippen MR) is 58.4 cm³/mol. The number of aryl methyl sites for hydroxylation is 1. The number of carboxylic acid groups (broad SMARTS) is 1. The summed E-state index contributed by atoms with van der Waals surface area (Å²) in [5, 5.41) is 20.9. The standard InChI is InChI=1S/C11H17NO4/c1-7-9(10(14)15)4-8(16-7)5-12-11(2,3)6-13/h4,12-13H,5-6H2,1-3H3,(H,14,15). The van der Waals surface area contributed by atoms with Crippen LogP contribution in [0.4, 0.5) is 0 Å². The maximum atomic E-state index is 10.8. The summed E-state index contributed by atoms with van der Waals surface area (Å²) < 4.78 is 5.29. The molecule has 0 amide bonds. The number of carboxylic acids is 1. The van der Waals surface area contributed by atoms with Crippen molar-refractivity contribution in [2.45, 2.75) is 32.9 Å². The molecule has 0 aliphatic carbocycles. The molecule has 0 saturated heterocycles. The van der Waals surface area contributed by atoms with E-state index in [1.807, 2.05) is 13.8 Å². The van der Waals surface area contributed by atoms with Gasteiger partial charge in [0.05, 0.1) is 13.2 Å². The number of carbonyl (C=O) groups is 1. The summed E-state index contributed by atoms with van der Waals surface area (Å²) in [6, 6.07) is 1.50. The summed E-state index contributed by atoms with van der Waals surface area (Å²) in [5.41, 5.74) is -0.233. The van der Waals surface area contributed by atoms with Gasteiger partial charge in [-0.25, -0.2) is 4.79 Å². The normalized spacial score (nSPS) is 11.8. The molecule has 16 heavy (non-hydrogen) atoms. The molecule has 3 N–H and O–H groups in total. The van der Waals surface area contributed by atoms with E-state index in [1.165, 1.54) is 6.07 Å². The van der Waals surface area contributed by atoms with Crippen molar-refractivity contribution in [2.75, 3.05) is 6.61 Å². The van der Waals surface area contributed by atoms with Gasteiger partial charge >= 0.3 is 5.97 Å². The fourth-order valence-corrected chi connectivity index (χ4v) is 1.23. The zero-order valence-electron chi connectivity index (χ0n) is 9.70. The average Bonchev–Trinajstić information content (AvgIpc) is 2.57. The van der Waals surface area contributed by atoms with Crippen LogP contribution in [0, 0.1) is 6.92 Å². The van der Waals surface area contributed by atoms with Gasteiger partial charge in [-0.05, 0) is 26.8 Å². The first-order valence-electron chi connectivity index (χ1n) is 5.04. The van der Waals surface area contributed by atoms with Crippen LogP contribution < -0.4 is 5.32 Å². The number of rotatable bonds is 5. The van der Waals surface area contributed by atoms with Gasteiger partial charge in [0.15, 0.2) is 0 Å². The minimum atomic E-state index is -0.992. The van der Waals surface area contributed by atoms with Gasteiger partial charge in [0.25, 0.3) is 0 Å². The molecule has 5 nitrogen and oxygen atoms in total. The molecule has 1 aromatic rings. The first-order chi connectivity index (χ1) is 7.35. The van der Waals surface area contributed by atoms with E-state index in [0.717, 1.165) is 0 Å². The van der Waals surface area contributed by atoms with E-state index in [1.54, 1.807) is 6.92 Å². The molecule has 0 aliphatic heterocycles. The van der Waals surface area contributed by atoms with Gasteiger partial charge in [0.1, 0.15) is 17.1 Å². The minimum Gasteiger partial charge on any atom is -0.478 e. The number of aromatic carboxylic acids is 1. The third kappa shape index (κ3) is 3.08. The van der Waals surface area contributed by atoms with Gasteiger partial charge in [0.2, 0.25) is 0 Å². The highest BCUT2D eigenvalue weighted by Crippen LogP contribution is 2.15. The number of furan rings is 1. The van der Waals surface area contributed by atoms with E-state index in [9.17, 15) is 4.79 Å². The molecule has 90 valence electrons. The molecule has 0 saturated carbocycles. The summed E-state index contributed by atoms with van der Waals surface area (Å²) in [6.07, 6.45) is 0. The van der Waals surface area contributed by atoms with Crippen molar-refractivity contribution in [1.82, 2.24) is 5.32 Å². The zero-order chi connectivity index (χ0) is 12.3. The number of hydrogen-bond acceptors (Lipinski definition) is 4. The van der Waals surface area contributed by atoms with Crippen LogP contribution in [0.15, 0.2) is 10.5 Å². The van der Waals surface area contributed by atoms with E-state index in [-0.39, 0.29) is 12.2 Å². The van der Waals surface area contributed by atoms with Crippen molar-refractivity contribution in [1.29, 1.82) is 0 Å². The van der Waals surface area contributed by atoms with E-state index >= 15 is 0 Å². The van der Waals surface area contributed by atoms with E-state index < -0.39 is 11.5 Å². The summed E-state index contributed by atoms with van der Waals surface area (Å²) in [4.78, 5) is 10.8. The van der Waals surface area contributed by atoms with Crippen LogP contribution in [0.5, 0.6) is 0 Å². The number of nitrogens with one attached hydrogen (secondary N) is 1. The first kappa shape index (κ1) is 12.7. The zero-order valence-corrected chi connectivity index (χ0v) is 9.70. The molecule has 1 aromatic heterocycles. The Balaban J connectivity index is 2.69. The largest absolute Gasteiger partial charge is 0.478 e. The van der Waals surface area contributed by atoms with Gasteiger partial charge in [0, 0.05) is 5.54 Å². The maximum absolute atomic E-state index is 10.8. The Morgan fingerprint density at radius 1 is 1.56 bits per heavy atom. The smallest absolute Gasteiger partial charge is 0.339 e. The molecule has 0 bridgehead atoms. The van der Waals surface area contributed by atoms with Gasteiger partial charge in [-0.1, -0.05) is 0 Å². The Morgan fingerprint density at radius 2 is 2.19 bits per heavy atom. The van der Waals surface area contributed by atoms with Gasteiger partial charge in [-0.15, -0.1) is 0 Å². The summed E-state index contributed by atoms with van der Waals surface area (Å²) in [6.45, 7) is 5.70. The summed E-state index contributed by atoms with van der Waals surface area (Å²) in [7, 11) is 0. The lowest BCUT2D eigenvalue weighted by Gasteiger charge is -2.22. The maximum Gasteiger partial charge on any atom is 0.339 e. The number of hydrogen-bond donors (Lipinski definition) is 3. The average molecular weight is 227 g/mol. The molecule has 0 aliphatic rings. The Bertz CT molecular complexity index is 381. The third-order valence-electron chi connectivity index (χ3n) is 2.34. The van der Waals surface area contributed by atoms with Gasteiger partial charge < -0.3 is 19.9 Å². The SMILES string of the molecule is Cc1oc(CNC(C)(C)CO)cc1C(=O)O. The van der Waals surface area contributed by atoms with Crippen molar-refractivity contribution < 1.29 is 19.4 Å². The Labute approximate surface area is 94.1 Å². The summed E-state index contributed by atoms with van der Waals surface area (Å²) >= 11 is 0. The van der Waals surface area contributed by atoms with E-state index in [0.29, 0.717) is 18.1 Å². The molecule has 0 spiro atoms. The van der Waals surface area contributed by atoms with Crippen LogP contribution in [0.2, 0.25) is 0 Å². The van der Waals surface area contributed by atoms with Crippen molar-refractivity contribution >= 4 is 5.97 Å². The molecule has 0 atom stereocenters. The fraction of sp³-hybridized carbons (Fsp3) is 0.545. The van der Waals surface area contributed by atoms with Crippen LogP contribution in [0.25, 0.3) is 0 Å². The van der Waals surface area contributed by atoms with E-state index in [2.05, 4.69) is 5.32 Å². The highest BCUT2D eigenvalue weighted by molar-refractivity contribution is 5.88. The highest BCUT2D eigenvalue weighted by atomic mass is 16.4. The lowest BCUT2D eigenvalue weighted by atomic mass is 10.1. The van der Waals surface area contributed by atoms with Gasteiger partial charge in [-0.2, -0.15) is 0 Å². The quantitative estimate of drug-likeness (QED) is 0.702. The Kier molecular flexibility index (Phi) is 3.72. The third-order valence-corrected chi connectivity index (χ3v) is 2.34. The van der Waals surface area contributed by atoms with Crippen molar-refractivity contribution in [2.24, 2.45) is 0 Å². The molecule has 1 heterocycles. The van der Waals surface area contributed by atoms with Crippen molar-refractivity contribution in [3.63, 3.8) is 0 Å². The molecule has 0 aromatic carbocycles. The van der Waals surface area contributed by atoms with Crippen molar-refractivity contribution in [3.05, 3.63) is 23.2 Å². The van der Waals surface area contributed by atoms with Crippen LogP contribution in [0.1, 0.15) is 35.7 Å². The number of aliphatic hydroxyl groups is 1. The monoisotopic (exact) mass is 227 g/mol. The fourth-order valence-electron chi connectivity index (χ4n) is 1.23. The topological polar surface area (TPSA) is 82.7 Å².